The van der Waals surface area contributed by atoms with E-state index in [0.29, 0.717) is 5.92 Å². The van der Waals surface area contributed by atoms with Crippen LogP contribution in [0.25, 0.3) is 0 Å². The molecule has 0 aromatic heterocycles. The van der Waals surface area contributed by atoms with Crippen molar-refractivity contribution in [3.05, 3.63) is 7.11 Å². The molecule has 0 aromatic rings. The first-order valence-corrected chi connectivity index (χ1v) is 2.64. The van der Waals surface area contributed by atoms with Crippen molar-refractivity contribution in [2.24, 2.45) is 11.1 Å². The molecule has 0 heterocycles. The van der Waals surface area contributed by atoms with Crippen molar-refractivity contribution in [2.45, 2.75) is 20.8 Å². The quantitative estimate of drug-likeness (QED) is 0.420. The van der Waals surface area contributed by atoms with Crippen LogP contribution in [0.4, 0.5) is 0 Å². The molecule has 0 aliphatic heterocycles. The van der Waals surface area contributed by atoms with E-state index in [4.69, 9.17) is 0 Å². The Morgan fingerprint density at radius 2 is 2.00 bits per heavy atom. The maximum absolute atomic E-state index is 4.30. The molecular formula is C6H12AmNO-. The average Bonchev–Trinajstić information content (AvgIpc) is 1.67. The van der Waals surface area contributed by atoms with Crippen LogP contribution in [0.2, 0.25) is 0 Å². The van der Waals surface area contributed by atoms with Gasteiger partial charge in [0.05, 0.1) is 5.71 Å². The summed E-state index contributed by atoms with van der Waals surface area (Å²) in [6.07, 6.45) is 0. The summed E-state index contributed by atoms with van der Waals surface area (Å²) in [5.41, 5.74) is 0.972. The van der Waals surface area contributed by atoms with Gasteiger partial charge in [-0.05, 0) is 12.8 Å². The average molecular weight is 357 g/mol. The predicted octanol–water partition coefficient (Wildman–Crippen LogP) is 1.83. The molecule has 55 valence electrons. The molecule has 0 saturated heterocycles. The van der Waals surface area contributed by atoms with E-state index in [1.54, 1.807) is 0 Å². The van der Waals surface area contributed by atoms with Gasteiger partial charge in [-0.1, -0.05) is 13.8 Å². The Balaban J connectivity index is 0. The molecule has 0 bridgehead atoms. The van der Waals surface area contributed by atoms with Crippen LogP contribution in [-0.4, -0.2) is 5.71 Å². The van der Waals surface area contributed by atoms with Gasteiger partial charge < -0.3 is 4.84 Å². The molecule has 3 heteroatoms. The van der Waals surface area contributed by atoms with Gasteiger partial charge >= 0.3 is 0 Å². The molecule has 0 fully saturated rings. The Labute approximate surface area is 64.5 Å². The zero-order valence-electron chi connectivity index (χ0n) is 6.02. The van der Waals surface area contributed by atoms with Gasteiger partial charge in [-0.25, -0.2) is 0 Å². The summed E-state index contributed by atoms with van der Waals surface area (Å²) in [4.78, 5) is 4.30. The maximum atomic E-state index is 4.30. The van der Waals surface area contributed by atoms with E-state index in [2.05, 4.69) is 31.0 Å². The molecule has 0 aliphatic carbocycles. The second-order valence-electron chi connectivity index (χ2n) is 2.02. The van der Waals surface area contributed by atoms with Crippen LogP contribution in [0.15, 0.2) is 5.16 Å². The summed E-state index contributed by atoms with van der Waals surface area (Å²) in [5, 5.41) is 3.63. The van der Waals surface area contributed by atoms with E-state index in [9.17, 15) is 0 Å². The third-order valence-electron chi connectivity index (χ3n) is 1.04. The third-order valence-corrected chi connectivity index (χ3v) is 1.04. The Bertz CT molecular complexity index is 91.1. The second-order valence-corrected chi connectivity index (χ2v) is 2.02. The molecular weight excluding hydrogens is 345 g/mol. The minimum Gasteiger partial charge on any atom is -0.570 e. The Kier molecular flexibility index (Phi) is 7.74. The Morgan fingerprint density at radius 3 is 2.11 bits per heavy atom. The van der Waals surface area contributed by atoms with Gasteiger partial charge in [-0.2, -0.15) is 0 Å². The maximum Gasteiger partial charge on any atom is 0.0535 e. The molecule has 0 spiro atoms. The zero-order valence-corrected chi connectivity index (χ0v) is 9.17. The van der Waals surface area contributed by atoms with Crippen molar-refractivity contribution >= 4 is 5.71 Å². The van der Waals surface area contributed by atoms with Crippen LogP contribution < -0.4 is 0 Å². The van der Waals surface area contributed by atoms with Gasteiger partial charge in [0.1, 0.15) is 0 Å². The minimum absolute atomic E-state index is 0. The molecule has 0 aromatic carbocycles. The molecule has 0 rings (SSSR count). The van der Waals surface area contributed by atoms with Crippen molar-refractivity contribution in [2.75, 3.05) is 0 Å². The van der Waals surface area contributed by atoms with Crippen molar-refractivity contribution in [1.82, 2.24) is 0 Å². The zero-order chi connectivity index (χ0) is 6.57. The summed E-state index contributed by atoms with van der Waals surface area (Å²) < 4.78 is 0. The van der Waals surface area contributed by atoms with Crippen LogP contribution in [0, 0.1) is 27.3 Å². The largest absolute Gasteiger partial charge is 0.570 e. The molecule has 0 atom stereocenters. The number of hydrogen-bond acceptors (Lipinski definition) is 2. The van der Waals surface area contributed by atoms with Crippen molar-refractivity contribution in [1.29, 1.82) is 0 Å². The summed E-state index contributed by atoms with van der Waals surface area (Å²) in [7, 11) is 3.12. The summed E-state index contributed by atoms with van der Waals surface area (Å²) in [6, 6.07) is 0. The minimum atomic E-state index is 0. The van der Waals surface area contributed by atoms with E-state index in [-0.39, 0.29) is 14.3 Å². The molecule has 9 heavy (non-hydrogen) atoms. The molecule has 0 unspecified atom stereocenters. The standard InChI is InChI=1S/C6H12NO.Am/c1-5(2)6(3)7-8-4;/h5H,4H2,1-3H3;/q-1;/b7-6+;. The summed E-state index contributed by atoms with van der Waals surface area (Å²) >= 11 is 0. The van der Waals surface area contributed by atoms with E-state index in [1.807, 2.05) is 6.92 Å². The SMILES string of the molecule is [Am].[CH2-]O/N=C(\C)C(C)C. The van der Waals surface area contributed by atoms with Crippen LogP contribution in [0.5, 0.6) is 0 Å². The van der Waals surface area contributed by atoms with Gasteiger partial charge in [0.25, 0.3) is 0 Å². The third kappa shape index (κ3) is 5.74. The fourth-order valence-corrected chi connectivity index (χ4v) is 0.207. The van der Waals surface area contributed by atoms with E-state index in [0.717, 1.165) is 5.71 Å². The van der Waals surface area contributed by atoms with E-state index < -0.39 is 0 Å². The Hall–Kier alpha value is -0.140. The van der Waals surface area contributed by atoms with Gasteiger partial charge in [0.2, 0.25) is 0 Å². The molecule has 0 amide bonds. The van der Waals surface area contributed by atoms with Crippen molar-refractivity contribution in [3.8, 4) is 0 Å². The number of oxime groups is 1. The van der Waals surface area contributed by atoms with Crippen molar-refractivity contribution < 1.29 is 19.1 Å². The van der Waals surface area contributed by atoms with Crippen LogP contribution in [0.1, 0.15) is 20.8 Å². The van der Waals surface area contributed by atoms with Gasteiger partial charge in [0.15, 0.2) is 0 Å². The first-order valence-electron chi connectivity index (χ1n) is 2.64. The molecule has 1 radical (unpaired) electrons. The molecule has 2 nitrogen and oxygen atoms in total. The van der Waals surface area contributed by atoms with Gasteiger partial charge in [-0.15, -0.1) is 12.3 Å². The normalized spacial score (nSPS) is 11.0. The van der Waals surface area contributed by atoms with Gasteiger partial charge in [-0.3, -0.25) is 0 Å². The summed E-state index contributed by atoms with van der Waals surface area (Å²) in [5.74, 6) is 0.455. The summed E-state index contributed by atoms with van der Waals surface area (Å²) in [6.45, 7) is 6.02. The second kappa shape index (κ2) is 5.99. The fraction of sp³-hybridized carbons (Fsp3) is 0.667. The Morgan fingerprint density at radius 1 is 1.56 bits per heavy atom. The number of rotatable bonds is 2. The van der Waals surface area contributed by atoms with Crippen molar-refractivity contribution in [3.63, 3.8) is 0 Å². The number of hydrogen-bond donors (Lipinski definition) is 0. The molecule has 0 N–H and O–H groups in total. The van der Waals surface area contributed by atoms with E-state index in [1.165, 1.54) is 0 Å². The molecule has 0 aliphatic rings. The number of nitrogens with zero attached hydrogens (tertiary/aromatic N) is 1. The first kappa shape index (κ1) is 11.6. The van der Waals surface area contributed by atoms with Crippen LogP contribution in [-0.2, 0) is 4.84 Å². The van der Waals surface area contributed by atoms with Gasteiger partial charge in [0, 0.05) is 14.3 Å². The first-order chi connectivity index (χ1) is 3.68. The van der Waals surface area contributed by atoms with Crippen LogP contribution in [0.3, 0.4) is 0 Å². The monoisotopic (exact) mass is 355 g/mol. The van der Waals surface area contributed by atoms with Crippen LogP contribution >= 0.6 is 0 Å². The predicted molar refractivity (Wildman–Crippen MR) is 34.4 cm³/mol. The fourth-order valence-electron chi connectivity index (χ4n) is 0.207. The smallest absolute Gasteiger partial charge is 0.0535 e. The van der Waals surface area contributed by atoms with E-state index >= 15 is 0 Å². The molecule has 0 saturated carbocycles. The topological polar surface area (TPSA) is 21.6 Å².